The Bertz CT molecular complexity index is 858. The number of aromatic nitrogens is 3. The lowest BCUT2D eigenvalue weighted by Crippen LogP contribution is -2.31. The Hall–Kier alpha value is -2.93. The standard InChI is InChI=1S/C19H19N5OS/c1-2-14-12-17(22-19(21-14)16-10-6-7-11-20-16)23-24-18(25)13-26-15-8-4-3-5-9-15/h3-12H,2,13H2,1H3,(H,24,25)(H,21,22,23). The summed E-state index contributed by atoms with van der Waals surface area (Å²) in [7, 11) is 0. The van der Waals surface area contributed by atoms with Crippen LogP contribution >= 0.6 is 11.8 Å². The van der Waals surface area contributed by atoms with Crippen molar-refractivity contribution in [3.8, 4) is 11.5 Å². The van der Waals surface area contributed by atoms with Crippen molar-refractivity contribution in [3.05, 3.63) is 66.5 Å². The number of amides is 1. The number of hydrazine groups is 1. The summed E-state index contributed by atoms with van der Waals surface area (Å²) in [6, 6.07) is 17.2. The van der Waals surface area contributed by atoms with Gasteiger partial charge in [0.15, 0.2) is 5.82 Å². The maximum absolute atomic E-state index is 12.0. The number of pyridine rings is 1. The maximum atomic E-state index is 12.0. The van der Waals surface area contributed by atoms with Crippen LogP contribution in [0.1, 0.15) is 12.6 Å². The third-order valence-corrected chi connectivity index (χ3v) is 4.49. The third kappa shape index (κ3) is 5.03. The minimum absolute atomic E-state index is 0.130. The van der Waals surface area contributed by atoms with E-state index in [0.29, 0.717) is 23.1 Å². The molecule has 0 aliphatic rings. The van der Waals surface area contributed by atoms with Crippen molar-refractivity contribution in [2.45, 2.75) is 18.2 Å². The van der Waals surface area contributed by atoms with Gasteiger partial charge in [-0.05, 0) is 30.7 Å². The van der Waals surface area contributed by atoms with Crippen molar-refractivity contribution in [2.24, 2.45) is 0 Å². The van der Waals surface area contributed by atoms with Gasteiger partial charge in [0.05, 0.1) is 5.75 Å². The molecular weight excluding hydrogens is 346 g/mol. The fourth-order valence-electron chi connectivity index (χ4n) is 2.19. The van der Waals surface area contributed by atoms with E-state index in [1.165, 1.54) is 11.8 Å². The summed E-state index contributed by atoms with van der Waals surface area (Å²) in [4.78, 5) is 26.3. The first kappa shape index (κ1) is 17.9. The molecule has 26 heavy (non-hydrogen) atoms. The maximum Gasteiger partial charge on any atom is 0.248 e. The first-order chi connectivity index (χ1) is 12.7. The fraction of sp³-hybridized carbons (Fsp3) is 0.158. The van der Waals surface area contributed by atoms with Crippen LogP contribution in [0.25, 0.3) is 11.5 Å². The lowest BCUT2D eigenvalue weighted by molar-refractivity contribution is -0.118. The second-order valence-corrected chi connectivity index (χ2v) is 6.46. The summed E-state index contributed by atoms with van der Waals surface area (Å²) in [5, 5.41) is 0. The van der Waals surface area contributed by atoms with E-state index in [0.717, 1.165) is 17.0 Å². The zero-order valence-corrected chi connectivity index (χ0v) is 15.2. The lowest BCUT2D eigenvalue weighted by Gasteiger charge is -2.10. The average molecular weight is 365 g/mol. The monoisotopic (exact) mass is 365 g/mol. The van der Waals surface area contributed by atoms with Gasteiger partial charge in [0.25, 0.3) is 0 Å². The van der Waals surface area contributed by atoms with Crippen molar-refractivity contribution in [3.63, 3.8) is 0 Å². The Kier molecular flexibility index (Phi) is 6.16. The number of carbonyl (C=O) groups excluding carboxylic acids is 1. The summed E-state index contributed by atoms with van der Waals surface area (Å²) >= 11 is 1.48. The number of hydrogen-bond donors (Lipinski definition) is 2. The molecule has 1 amide bonds. The number of nitrogens with zero attached hydrogens (tertiary/aromatic N) is 3. The quantitative estimate of drug-likeness (QED) is 0.494. The highest BCUT2D eigenvalue weighted by Gasteiger charge is 2.08. The first-order valence-corrected chi connectivity index (χ1v) is 9.25. The van der Waals surface area contributed by atoms with Crippen molar-refractivity contribution >= 4 is 23.5 Å². The van der Waals surface area contributed by atoms with Gasteiger partial charge in [0.1, 0.15) is 11.5 Å². The summed E-state index contributed by atoms with van der Waals surface area (Å²) in [6.45, 7) is 2.02. The minimum atomic E-state index is -0.130. The van der Waals surface area contributed by atoms with Gasteiger partial charge < -0.3 is 0 Å². The zero-order chi connectivity index (χ0) is 18.2. The molecule has 3 rings (SSSR count). The molecule has 3 aromatic rings. The van der Waals surface area contributed by atoms with Gasteiger partial charge in [-0.25, -0.2) is 9.97 Å². The van der Waals surface area contributed by atoms with Crippen molar-refractivity contribution in [1.82, 2.24) is 20.4 Å². The second kappa shape index (κ2) is 8.96. The molecule has 2 heterocycles. The minimum Gasteiger partial charge on any atom is -0.282 e. The van der Waals surface area contributed by atoms with Crippen LogP contribution in [0.5, 0.6) is 0 Å². The largest absolute Gasteiger partial charge is 0.282 e. The number of hydrogen-bond acceptors (Lipinski definition) is 6. The summed E-state index contributed by atoms with van der Waals surface area (Å²) < 4.78 is 0. The molecule has 2 aromatic heterocycles. The van der Waals surface area contributed by atoms with E-state index < -0.39 is 0 Å². The molecule has 0 atom stereocenters. The molecule has 132 valence electrons. The van der Waals surface area contributed by atoms with Crippen molar-refractivity contribution in [1.29, 1.82) is 0 Å². The first-order valence-electron chi connectivity index (χ1n) is 8.26. The summed E-state index contributed by atoms with van der Waals surface area (Å²) in [6.07, 6.45) is 2.46. The molecule has 0 radical (unpaired) electrons. The third-order valence-electron chi connectivity index (χ3n) is 3.48. The Morgan fingerprint density at radius 2 is 1.88 bits per heavy atom. The van der Waals surface area contributed by atoms with Crippen LogP contribution in [0.3, 0.4) is 0 Å². The second-order valence-electron chi connectivity index (χ2n) is 5.41. The number of carbonyl (C=O) groups is 1. The molecule has 2 N–H and O–H groups in total. The summed E-state index contributed by atoms with van der Waals surface area (Å²) in [5.74, 6) is 1.25. The molecule has 0 saturated carbocycles. The Labute approximate surface area is 156 Å². The smallest absolute Gasteiger partial charge is 0.248 e. The van der Waals surface area contributed by atoms with Crippen LogP contribution in [0, 0.1) is 0 Å². The molecule has 0 spiro atoms. The number of benzene rings is 1. The van der Waals surface area contributed by atoms with E-state index in [4.69, 9.17) is 0 Å². The molecule has 0 bridgehead atoms. The van der Waals surface area contributed by atoms with E-state index in [1.54, 1.807) is 6.20 Å². The lowest BCUT2D eigenvalue weighted by atomic mass is 10.3. The van der Waals surface area contributed by atoms with Gasteiger partial charge in [-0.1, -0.05) is 31.2 Å². The molecule has 0 unspecified atom stereocenters. The molecular formula is C19H19N5OS. The molecule has 0 fully saturated rings. The van der Waals surface area contributed by atoms with E-state index in [9.17, 15) is 4.79 Å². The number of thioether (sulfide) groups is 1. The van der Waals surface area contributed by atoms with Crippen LogP contribution in [-0.2, 0) is 11.2 Å². The topological polar surface area (TPSA) is 79.8 Å². The van der Waals surface area contributed by atoms with Gasteiger partial charge >= 0.3 is 0 Å². The average Bonchev–Trinajstić information content (AvgIpc) is 2.72. The normalized spacial score (nSPS) is 10.3. The van der Waals surface area contributed by atoms with Crippen molar-refractivity contribution < 1.29 is 4.79 Å². The van der Waals surface area contributed by atoms with E-state index in [1.807, 2.05) is 61.5 Å². The Morgan fingerprint density at radius 1 is 1.08 bits per heavy atom. The molecule has 6 nitrogen and oxygen atoms in total. The van der Waals surface area contributed by atoms with E-state index in [2.05, 4.69) is 25.8 Å². The highest BCUT2D eigenvalue weighted by Crippen LogP contribution is 2.17. The highest BCUT2D eigenvalue weighted by atomic mass is 32.2. The van der Waals surface area contributed by atoms with Gasteiger partial charge in [-0.2, -0.15) is 0 Å². The number of rotatable bonds is 7. The van der Waals surface area contributed by atoms with E-state index >= 15 is 0 Å². The van der Waals surface area contributed by atoms with Crippen LogP contribution in [0.2, 0.25) is 0 Å². The predicted octanol–water partition coefficient (Wildman–Crippen LogP) is 3.34. The van der Waals surface area contributed by atoms with Gasteiger partial charge in [0, 0.05) is 22.9 Å². The van der Waals surface area contributed by atoms with Crippen molar-refractivity contribution in [2.75, 3.05) is 11.2 Å². The molecule has 1 aromatic carbocycles. The van der Waals surface area contributed by atoms with Gasteiger partial charge in [-0.3, -0.25) is 20.6 Å². The van der Waals surface area contributed by atoms with Crippen LogP contribution < -0.4 is 10.9 Å². The molecule has 0 saturated heterocycles. The number of nitrogens with one attached hydrogen (secondary N) is 2. The van der Waals surface area contributed by atoms with Gasteiger partial charge in [0.2, 0.25) is 5.91 Å². The fourth-order valence-corrected chi connectivity index (χ4v) is 2.91. The zero-order valence-electron chi connectivity index (χ0n) is 14.3. The highest BCUT2D eigenvalue weighted by molar-refractivity contribution is 8.00. The molecule has 7 heteroatoms. The molecule has 0 aliphatic heterocycles. The Morgan fingerprint density at radius 3 is 2.62 bits per heavy atom. The van der Waals surface area contributed by atoms with Crippen LogP contribution in [0.4, 0.5) is 5.82 Å². The number of anilines is 1. The number of aryl methyl sites for hydroxylation is 1. The van der Waals surface area contributed by atoms with Crippen LogP contribution in [-0.4, -0.2) is 26.6 Å². The summed E-state index contributed by atoms with van der Waals surface area (Å²) in [5.41, 5.74) is 7.12. The van der Waals surface area contributed by atoms with Gasteiger partial charge in [-0.15, -0.1) is 11.8 Å². The Balaban J connectivity index is 1.63. The predicted molar refractivity (Wildman–Crippen MR) is 104 cm³/mol. The van der Waals surface area contributed by atoms with Crippen LogP contribution in [0.15, 0.2) is 65.7 Å². The SMILES string of the molecule is CCc1cc(NNC(=O)CSc2ccccc2)nc(-c2ccccn2)n1. The molecule has 0 aliphatic carbocycles. The van der Waals surface area contributed by atoms with E-state index in [-0.39, 0.29) is 5.91 Å².